The van der Waals surface area contributed by atoms with Crippen LogP contribution >= 0.6 is 0 Å². The van der Waals surface area contributed by atoms with Crippen molar-refractivity contribution in [2.75, 3.05) is 31.1 Å². The highest BCUT2D eigenvalue weighted by molar-refractivity contribution is 7.89. The number of hydrogen-bond donors (Lipinski definition) is 0. The van der Waals surface area contributed by atoms with Crippen molar-refractivity contribution in [2.45, 2.75) is 4.90 Å². The van der Waals surface area contributed by atoms with Crippen molar-refractivity contribution in [3.8, 4) is 22.8 Å². The molecule has 1 saturated heterocycles. The molecular weight excluding hydrogens is 486 g/mol. The minimum absolute atomic E-state index is 0.123. The zero-order chi connectivity index (χ0) is 25.1. The van der Waals surface area contributed by atoms with Crippen LogP contribution in [0.2, 0.25) is 0 Å². The van der Waals surface area contributed by atoms with Crippen LogP contribution in [0.3, 0.4) is 0 Å². The molecule has 5 rings (SSSR count). The second-order valence-corrected chi connectivity index (χ2v) is 10.1. The number of nitrogens with zero attached hydrogens (tertiary/aromatic N) is 4. The molecule has 0 saturated carbocycles. The van der Waals surface area contributed by atoms with E-state index in [1.54, 1.807) is 12.3 Å². The van der Waals surface area contributed by atoms with Crippen molar-refractivity contribution >= 4 is 16.0 Å². The maximum absolute atomic E-state index is 14.1. The molecule has 0 spiro atoms. The number of ether oxygens (including phenoxy) is 1. The van der Waals surface area contributed by atoms with Gasteiger partial charge in [0.2, 0.25) is 16.0 Å². The Morgan fingerprint density at radius 1 is 0.806 bits per heavy atom. The molecule has 0 radical (unpaired) electrons. The highest BCUT2D eigenvalue weighted by Gasteiger charge is 2.31. The minimum atomic E-state index is -4.08. The lowest BCUT2D eigenvalue weighted by atomic mass is 10.1. The van der Waals surface area contributed by atoms with E-state index in [-0.39, 0.29) is 13.1 Å². The van der Waals surface area contributed by atoms with Crippen LogP contribution in [0, 0.1) is 11.6 Å². The average molecular weight is 509 g/mol. The zero-order valence-electron chi connectivity index (χ0n) is 19.1. The van der Waals surface area contributed by atoms with Crippen LogP contribution in [0.1, 0.15) is 0 Å². The van der Waals surface area contributed by atoms with E-state index in [2.05, 4.69) is 9.97 Å². The molecule has 3 aromatic carbocycles. The fraction of sp³-hybridized carbons (Fsp3) is 0.154. The van der Waals surface area contributed by atoms with Crippen LogP contribution in [-0.2, 0) is 10.0 Å². The molecule has 4 aromatic rings. The molecule has 0 unspecified atom stereocenters. The number of sulfonamides is 1. The summed E-state index contributed by atoms with van der Waals surface area (Å²) in [7, 11) is -4.08. The Hall–Kier alpha value is -3.89. The van der Waals surface area contributed by atoms with Crippen LogP contribution in [0.4, 0.5) is 14.7 Å². The molecule has 1 aromatic heterocycles. The summed E-state index contributed by atoms with van der Waals surface area (Å²) in [6, 6.07) is 21.3. The van der Waals surface area contributed by atoms with E-state index in [0.717, 1.165) is 29.1 Å². The highest BCUT2D eigenvalue weighted by atomic mass is 32.2. The number of anilines is 1. The molecule has 184 valence electrons. The van der Waals surface area contributed by atoms with Gasteiger partial charge in [-0.15, -0.1) is 0 Å². The van der Waals surface area contributed by atoms with Crippen LogP contribution in [0.5, 0.6) is 11.5 Å². The summed E-state index contributed by atoms with van der Waals surface area (Å²) in [5.74, 6) is -0.00511. The lowest BCUT2D eigenvalue weighted by Crippen LogP contribution is -2.49. The lowest BCUT2D eigenvalue weighted by molar-refractivity contribution is 0.380. The first kappa shape index (κ1) is 23.8. The average Bonchev–Trinajstić information content (AvgIpc) is 2.90. The first-order chi connectivity index (χ1) is 17.4. The van der Waals surface area contributed by atoms with Gasteiger partial charge in [-0.25, -0.2) is 27.2 Å². The molecule has 0 bridgehead atoms. The van der Waals surface area contributed by atoms with Gasteiger partial charge in [-0.2, -0.15) is 4.31 Å². The standard InChI is InChI=1S/C26H22F2N4O3S/c27-20-8-11-25(23(28)18-20)36(33,34)32-16-14-31(15-17-32)26-29-13-12-24(30-26)19-6-9-22(10-7-19)35-21-4-2-1-3-5-21/h1-13,18H,14-17H2. The molecule has 7 nitrogen and oxygen atoms in total. The molecule has 2 heterocycles. The number of piperazine rings is 1. The summed E-state index contributed by atoms with van der Waals surface area (Å²) < 4.78 is 60.0. The van der Waals surface area contributed by atoms with E-state index in [0.29, 0.717) is 30.9 Å². The highest BCUT2D eigenvalue weighted by Crippen LogP contribution is 2.26. The van der Waals surface area contributed by atoms with Gasteiger partial charge in [-0.3, -0.25) is 0 Å². The van der Waals surface area contributed by atoms with Crippen molar-refractivity contribution < 1.29 is 21.9 Å². The Morgan fingerprint density at radius 3 is 2.19 bits per heavy atom. The number of hydrogen-bond acceptors (Lipinski definition) is 6. The molecule has 1 fully saturated rings. The van der Waals surface area contributed by atoms with Crippen LogP contribution in [-0.4, -0.2) is 48.9 Å². The third kappa shape index (κ3) is 5.05. The number of para-hydroxylation sites is 1. The summed E-state index contributed by atoms with van der Waals surface area (Å²) in [6.07, 6.45) is 1.66. The van der Waals surface area contributed by atoms with Gasteiger partial charge in [-0.05, 0) is 54.6 Å². The van der Waals surface area contributed by atoms with Gasteiger partial charge in [-0.1, -0.05) is 18.2 Å². The molecule has 0 aliphatic carbocycles. The third-order valence-electron chi connectivity index (χ3n) is 5.81. The molecule has 0 atom stereocenters. The molecule has 1 aliphatic rings. The number of benzene rings is 3. The van der Waals surface area contributed by atoms with E-state index in [1.807, 2.05) is 59.5 Å². The predicted octanol–water partition coefficient (Wildman–Crippen LogP) is 4.73. The lowest BCUT2D eigenvalue weighted by Gasteiger charge is -2.34. The fourth-order valence-electron chi connectivity index (χ4n) is 3.93. The Kier molecular flexibility index (Phi) is 6.62. The monoisotopic (exact) mass is 508 g/mol. The second-order valence-electron chi connectivity index (χ2n) is 8.15. The number of rotatable bonds is 6. The van der Waals surface area contributed by atoms with Crippen LogP contribution in [0.25, 0.3) is 11.3 Å². The Morgan fingerprint density at radius 2 is 1.50 bits per heavy atom. The number of aromatic nitrogens is 2. The molecular formula is C26H22F2N4O3S. The van der Waals surface area contributed by atoms with E-state index >= 15 is 0 Å². The normalized spacial score (nSPS) is 14.6. The minimum Gasteiger partial charge on any atom is -0.457 e. The Bertz CT molecular complexity index is 1460. The summed E-state index contributed by atoms with van der Waals surface area (Å²) in [5, 5.41) is 0. The molecule has 10 heteroatoms. The third-order valence-corrected chi connectivity index (χ3v) is 7.74. The van der Waals surface area contributed by atoms with Crippen molar-refractivity contribution in [3.63, 3.8) is 0 Å². The van der Waals surface area contributed by atoms with Gasteiger partial charge in [0.1, 0.15) is 28.0 Å². The molecule has 0 amide bonds. The quantitative estimate of drug-likeness (QED) is 0.375. The Labute approximate surface area is 207 Å². The summed E-state index contributed by atoms with van der Waals surface area (Å²) in [6.45, 7) is 0.904. The topological polar surface area (TPSA) is 75.6 Å². The molecule has 1 aliphatic heterocycles. The van der Waals surface area contributed by atoms with Gasteiger partial charge in [0.25, 0.3) is 0 Å². The van der Waals surface area contributed by atoms with Crippen molar-refractivity contribution in [2.24, 2.45) is 0 Å². The first-order valence-electron chi connectivity index (χ1n) is 11.3. The van der Waals surface area contributed by atoms with Gasteiger partial charge >= 0.3 is 0 Å². The summed E-state index contributed by atoms with van der Waals surface area (Å²) >= 11 is 0. The summed E-state index contributed by atoms with van der Waals surface area (Å²) in [4.78, 5) is 10.4. The predicted molar refractivity (Wildman–Crippen MR) is 131 cm³/mol. The zero-order valence-corrected chi connectivity index (χ0v) is 19.9. The second kappa shape index (κ2) is 10.00. The Balaban J connectivity index is 1.26. The van der Waals surface area contributed by atoms with Crippen molar-refractivity contribution in [3.05, 3.63) is 96.7 Å². The van der Waals surface area contributed by atoms with Gasteiger partial charge in [0, 0.05) is 44.0 Å². The van der Waals surface area contributed by atoms with Gasteiger partial charge in [0.15, 0.2) is 0 Å². The fourth-order valence-corrected chi connectivity index (χ4v) is 5.40. The van der Waals surface area contributed by atoms with Crippen LogP contribution < -0.4 is 9.64 Å². The summed E-state index contributed by atoms with van der Waals surface area (Å²) in [5.41, 5.74) is 1.60. The maximum atomic E-state index is 14.1. The van der Waals surface area contributed by atoms with E-state index < -0.39 is 26.6 Å². The van der Waals surface area contributed by atoms with Crippen molar-refractivity contribution in [1.29, 1.82) is 0 Å². The number of halogens is 2. The van der Waals surface area contributed by atoms with Crippen molar-refractivity contribution in [1.82, 2.24) is 14.3 Å². The van der Waals surface area contributed by atoms with E-state index in [1.165, 1.54) is 4.31 Å². The van der Waals surface area contributed by atoms with E-state index in [9.17, 15) is 17.2 Å². The van der Waals surface area contributed by atoms with Crippen LogP contribution in [0.15, 0.2) is 90.0 Å². The van der Waals surface area contributed by atoms with E-state index in [4.69, 9.17) is 4.74 Å². The SMILES string of the molecule is O=S(=O)(c1ccc(F)cc1F)N1CCN(c2nccc(-c3ccc(Oc4ccccc4)cc3)n2)CC1. The largest absolute Gasteiger partial charge is 0.457 e. The van der Waals surface area contributed by atoms with Gasteiger partial charge in [0.05, 0.1) is 5.69 Å². The molecule has 36 heavy (non-hydrogen) atoms. The maximum Gasteiger partial charge on any atom is 0.246 e. The smallest absolute Gasteiger partial charge is 0.246 e. The van der Waals surface area contributed by atoms with Gasteiger partial charge < -0.3 is 9.64 Å². The first-order valence-corrected chi connectivity index (χ1v) is 12.7. The molecule has 0 N–H and O–H groups in total.